The van der Waals surface area contributed by atoms with E-state index in [-0.39, 0.29) is 5.28 Å². The molecule has 0 radical (unpaired) electrons. The number of ether oxygens (including phenoxy) is 1. The molecule has 19 heavy (non-hydrogen) atoms. The highest BCUT2D eigenvalue weighted by molar-refractivity contribution is 6.28. The molecule has 2 aromatic rings. The zero-order chi connectivity index (χ0) is 13.8. The molecule has 2 rings (SSSR count). The third kappa shape index (κ3) is 3.26. The van der Waals surface area contributed by atoms with Gasteiger partial charge in [-0.05, 0) is 37.6 Å². The van der Waals surface area contributed by atoms with Crippen molar-refractivity contribution in [2.75, 3.05) is 6.61 Å². The number of halogens is 1. The van der Waals surface area contributed by atoms with E-state index in [9.17, 15) is 4.79 Å². The van der Waals surface area contributed by atoms with Crippen molar-refractivity contribution in [2.24, 2.45) is 0 Å². The Balaban J connectivity index is 2.40. The molecule has 5 nitrogen and oxygen atoms in total. The molecular formula is C13H12ClN3O2. The molecule has 6 heteroatoms. The second-order valence-electron chi connectivity index (χ2n) is 3.85. The van der Waals surface area contributed by atoms with E-state index < -0.39 is 5.97 Å². The second kappa shape index (κ2) is 5.75. The minimum Gasteiger partial charge on any atom is -0.462 e. The van der Waals surface area contributed by atoms with Gasteiger partial charge in [0.15, 0.2) is 0 Å². The molecule has 0 atom stereocenters. The van der Waals surface area contributed by atoms with Gasteiger partial charge < -0.3 is 4.74 Å². The minimum atomic E-state index is -0.409. The molecule has 0 spiro atoms. The van der Waals surface area contributed by atoms with Gasteiger partial charge in [-0.15, -0.1) is 0 Å². The SMILES string of the molecule is CCOC(=O)c1cncc(-c2cc(C)nc(Cl)n2)c1. The lowest BCUT2D eigenvalue weighted by molar-refractivity contribution is 0.0526. The third-order valence-electron chi connectivity index (χ3n) is 2.37. The van der Waals surface area contributed by atoms with Gasteiger partial charge in [-0.25, -0.2) is 14.8 Å². The van der Waals surface area contributed by atoms with Gasteiger partial charge >= 0.3 is 5.97 Å². The topological polar surface area (TPSA) is 65.0 Å². The molecule has 2 aromatic heterocycles. The number of carbonyl (C=O) groups excluding carboxylic acids is 1. The average Bonchev–Trinajstić information content (AvgIpc) is 2.38. The van der Waals surface area contributed by atoms with Crippen molar-refractivity contribution in [2.45, 2.75) is 13.8 Å². The van der Waals surface area contributed by atoms with Gasteiger partial charge in [0.1, 0.15) is 0 Å². The number of hydrogen-bond acceptors (Lipinski definition) is 5. The van der Waals surface area contributed by atoms with Crippen LogP contribution in [0.4, 0.5) is 0 Å². The first-order valence-corrected chi connectivity index (χ1v) is 6.11. The van der Waals surface area contributed by atoms with Crippen LogP contribution in [0.1, 0.15) is 23.0 Å². The van der Waals surface area contributed by atoms with Crippen molar-refractivity contribution in [3.8, 4) is 11.3 Å². The molecule has 2 heterocycles. The Morgan fingerprint density at radius 1 is 1.32 bits per heavy atom. The molecule has 0 bridgehead atoms. The molecule has 0 unspecified atom stereocenters. The van der Waals surface area contributed by atoms with Crippen LogP contribution in [0, 0.1) is 6.92 Å². The highest BCUT2D eigenvalue weighted by Gasteiger charge is 2.10. The molecule has 0 aliphatic carbocycles. The van der Waals surface area contributed by atoms with Crippen molar-refractivity contribution in [3.63, 3.8) is 0 Å². The smallest absolute Gasteiger partial charge is 0.339 e. The number of hydrogen-bond donors (Lipinski definition) is 0. The summed E-state index contributed by atoms with van der Waals surface area (Å²) >= 11 is 5.82. The lowest BCUT2D eigenvalue weighted by Crippen LogP contribution is -2.05. The highest BCUT2D eigenvalue weighted by Crippen LogP contribution is 2.19. The van der Waals surface area contributed by atoms with Crippen LogP contribution >= 0.6 is 11.6 Å². The van der Waals surface area contributed by atoms with E-state index in [1.165, 1.54) is 6.20 Å². The number of pyridine rings is 1. The average molecular weight is 278 g/mol. The molecule has 0 aliphatic heterocycles. The van der Waals surface area contributed by atoms with Gasteiger partial charge in [-0.2, -0.15) is 0 Å². The van der Waals surface area contributed by atoms with Gasteiger partial charge in [0.05, 0.1) is 17.9 Å². The maximum absolute atomic E-state index is 11.6. The van der Waals surface area contributed by atoms with Gasteiger partial charge in [0.25, 0.3) is 0 Å². The van der Waals surface area contributed by atoms with Gasteiger partial charge in [-0.3, -0.25) is 4.98 Å². The number of esters is 1. The normalized spacial score (nSPS) is 10.3. The van der Waals surface area contributed by atoms with Gasteiger partial charge in [0.2, 0.25) is 5.28 Å². The first-order valence-electron chi connectivity index (χ1n) is 5.74. The molecule has 0 aromatic carbocycles. The van der Waals surface area contributed by atoms with Crippen molar-refractivity contribution < 1.29 is 9.53 Å². The van der Waals surface area contributed by atoms with Crippen LogP contribution in [0.3, 0.4) is 0 Å². The standard InChI is InChI=1S/C13H12ClN3O2/c1-3-19-12(18)10-5-9(6-15-7-10)11-4-8(2)16-13(14)17-11/h4-7H,3H2,1-2H3. The van der Waals surface area contributed by atoms with E-state index >= 15 is 0 Å². The Kier molecular flexibility index (Phi) is 4.06. The summed E-state index contributed by atoms with van der Waals surface area (Å²) in [7, 11) is 0. The molecule has 0 saturated heterocycles. The maximum Gasteiger partial charge on any atom is 0.339 e. The lowest BCUT2D eigenvalue weighted by atomic mass is 10.1. The Hall–Kier alpha value is -2.01. The summed E-state index contributed by atoms with van der Waals surface area (Å²) in [6.45, 7) is 3.89. The summed E-state index contributed by atoms with van der Waals surface area (Å²) in [6, 6.07) is 3.45. The number of aromatic nitrogens is 3. The van der Waals surface area contributed by atoms with E-state index in [1.54, 1.807) is 25.3 Å². The Morgan fingerprint density at radius 2 is 2.11 bits per heavy atom. The monoisotopic (exact) mass is 277 g/mol. The molecule has 0 N–H and O–H groups in total. The van der Waals surface area contributed by atoms with Crippen LogP contribution in [0.25, 0.3) is 11.3 Å². The quantitative estimate of drug-likeness (QED) is 0.637. The Bertz CT molecular complexity index is 596. The number of carbonyl (C=O) groups is 1. The predicted octanol–water partition coefficient (Wildman–Crippen LogP) is 2.68. The fraction of sp³-hybridized carbons (Fsp3) is 0.231. The van der Waals surface area contributed by atoms with Crippen molar-refractivity contribution in [3.05, 3.63) is 41.1 Å². The third-order valence-corrected chi connectivity index (χ3v) is 2.54. The highest BCUT2D eigenvalue weighted by atomic mass is 35.5. The van der Waals surface area contributed by atoms with Crippen LogP contribution in [0.5, 0.6) is 0 Å². The van der Waals surface area contributed by atoms with Gasteiger partial charge in [0, 0.05) is 23.7 Å². The zero-order valence-electron chi connectivity index (χ0n) is 10.6. The fourth-order valence-electron chi connectivity index (χ4n) is 1.59. The largest absolute Gasteiger partial charge is 0.462 e. The predicted molar refractivity (Wildman–Crippen MR) is 71.0 cm³/mol. The summed E-state index contributed by atoms with van der Waals surface area (Å²) in [5.41, 5.74) is 2.44. The first kappa shape index (κ1) is 13.4. The molecule has 0 saturated carbocycles. The number of aryl methyl sites for hydroxylation is 1. The van der Waals surface area contributed by atoms with Crippen molar-refractivity contribution >= 4 is 17.6 Å². The van der Waals surface area contributed by atoms with Crippen LogP contribution in [0.2, 0.25) is 5.28 Å². The van der Waals surface area contributed by atoms with Crippen molar-refractivity contribution in [1.82, 2.24) is 15.0 Å². The Labute approximate surface area is 115 Å². The molecule has 0 amide bonds. The fourth-order valence-corrected chi connectivity index (χ4v) is 1.81. The first-order chi connectivity index (χ1) is 9.10. The summed E-state index contributed by atoms with van der Waals surface area (Å²) in [5, 5.41) is 0.163. The lowest BCUT2D eigenvalue weighted by Gasteiger charge is -2.05. The molecular weight excluding hydrogens is 266 g/mol. The number of nitrogens with zero attached hydrogens (tertiary/aromatic N) is 3. The van der Waals surface area contributed by atoms with E-state index in [2.05, 4.69) is 15.0 Å². The summed E-state index contributed by atoms with van der Waals surface area (Å²) in [5.74, 6) is -0.409. The van der Waals surface area contributed by atoms with E-state index in [0.29, 0.717) is 23.4 Å². The second-order valence-corrected chi connectivity index (χ2v) is 4.18. The van der Waals surface area contributed by atoms with E-state index in [4.69, 9.17) is 16.3 Å². The minimum absolute atomic E-state index is 0.163. The molecule has 0 fully saturated rings. The molecule has 98 valence electrons. The van der Waals surface area contributed by atoms with E-state index in [0.717, 1.165) is 5.69 Å². The van der Waals surface area contributed by atoms with Crippen LogP contribution < -0.4 is 0 Å². The van der Waals surface area contributed by atoms with Crippen LogP contribution in [-0.2, 0) is 4.74 Å². The maximum atomic E-state index is 11.6. The Morgan fingerprint density at radius 3 is 2.79 bits per heavy atom. The van der Waals surface area contributed by atoms with Crippen molar-refractivity contribution in [1.29, 1.82) is 0 Å². The van der Waals surface area contributed by atoms with Gasteiger partial charge in [-0.1, -0.05) is 0 Å². The van der Waals surface area contributed by atoms with Crippen LogP contribution in [0.15, 0.2) is 24.5 Å². The summed E-state index contributed by atoms with van der Waals surface area (Å²) < 4.78 is 4.93. The zero-order valence-corrected chi connectivity index (χ0v) is 11.3. The van der Waals surface area contributed by atoms with E-state index in [1.807, 2.05) is 6.92 Å². The summed E-state index contributed by atoms with van der Waals surface area (Å²) in [6.07, 6.45) is 3.07. The summed E-state index contributed by atoms with van der Waals surface area (Å²) in [4.78, 5) is 23.8. The van der Waals surface area contributed by atoms with Crippen LogP contribution in [-0.4, -0.2) is 27.5 Å². The molecule has 0 aliphatic rings. The number of rotatable bonds is 3.